The first-order valence-corrected chi connectivity index (χ1v) is 12.3. The van der Waals surface area contributed by atoms with Gasteiger partial charge in [-0.25, -0.2) is 0 Å². The predicted molar refractivity (Wildman–Crippen MR) is 132 cm³/mol. The normalized spacial score (nSPS) is 17.4. The summed E-state index contributed by atoms with van der Waals surface area (Å²) in [5, 5.41) is -0.425. The van der Waals surface area contributed by atoms with Gasteiger partial charge in [0, 0.05) is 18.7 Å². The number of likely N-dealkylation sites (tertiary alicyclic amines) is 1. The number of rotatable bonds is 8. The molecule has 34 heavy (non-hydrogen) atoms. The van der Waals surface area contributed by atoms with Gasteiger partial charge >= 0.3 is 0 Å². The molecule has 2 aliphatic rings. The second kappa shape index (κ2) is 11.2. The van der Waals surface area contributed by atoms with Gasteiger partial charge in [-0.3, -0.25) is 19.3 Å². The van der Waals surface area contributed by atoms with E-state index in [1.165, 1.54) is 0 Å². The Bertz CT molecular complexity index is 1080. The van der Waals surface area contributed by atoms with E-state index in [4.69, 9.17) is 9.47 Å². The number of ether oxygens (including phenoxy) is 2. The number of carbonyl (C=O) groups is 3. The fourth-order valence-electron chi connectivity index (χ4n) is 3.83. The van der Waals surface area contributed by atoms with Crippen molar-refractivity contribution in [3.63, 3.8) is 0 Å². The van der Waals surface area contributed by atoms with Gasteiger partial charge in [0.1, 0.15) is 31.3 Å². The van der Waals surface area contributed by atoms with Gasteiger partial charge in [-0.1, -0.05) is 35.9 Å². The average molecular weight is 481 g/mol. The molecule has 0 radical (unpaired) electrons. The lowest BCUT2D eigenvalue weighted by Crippen LogP contribution is -2.44. The first-order chi connectivity index (χ1) is 16.5. The summed E-state index contributed by atoms with van der Waals surface area (Å²) in [5.41, 5.74) is 1.85. The molecule has 2 aromatic carbocycles. The number of aryl methyl sites for hydroxylation is 1. The standard InChI is InChI=1S/C26H28N2O5S/c1-19-9-11-21(12-10-19)32-15-16-33-22-8-4-3-7-20(22)17-23-25(30)28(26(31)34-23)18-24(29)27-13-5-2-6-14-27/h3-4,7-12,17H,2,5-6,13-16,18H2,1H3/b23-17-. The Labute approximate surface area is 203 Å². The Hall–Kier alpha value is -3.26. The van der Waals surface area contributed by atoms with Crippen LogP contribution in [0, 0.1) is 6.92 Å². The minimum Gasteiger partial charge on any atom is -0.490 e. The Morgan fingerprint density at radius 3 is 2.44 bits per heavy atom. The molecule has 2 aliphatic heterocycles. The monoisotopic (exact) mass is 480 g/mol. The van der Waals surface area contributed by atoms with Crippen LogP contribution in [0.5, 0.6) is 11.5 Å². The highest BCUT2D eigenvalue weighted by Gasteiger charge is 2.37. The predicted octanol–water partition coefficient (Wildman–Crippen LogP) is 4.50. The number of nitrogens with zero attached hydrogens (tertiary/aromatic N) is 2. The average Bonchev–Trinajstić information content (AvgIpc) is 3.11. The summed E-state index contributed by atoms with van der Waals surface area (Å²) in [6, 6.07) is 15.1. The van der Waals surface area contributed by atoms with E-state index in [0.29, 0.717) is 37.6 Å². The van der Waals surface area contributed by atoms with Gasteiger partial charge in [0.25, 0.3) is 11.1 Å². The topological polar surface area (TPSA) is 76.2 Å². The Balaban J connectivity index is 1.36. The highest BCUT2D eigenvalue weighted by molar-refractivity contribution is 8.18. The van der Waals surface area contributed by atoms with Crippen molar-refractivity contribution in [2.24, 2.45) is 0 Å². The second-order valence-corrected chi connectivity index (χ2v) is 9.25. The zero-order chi connectivity index (χ0) is 23.9. The van der Waals surface area contributed by atoms with Crippen molar-refractivity contribution in [2.45, 2.75) is 26.2 Å². The van der Waals surface area contributed by atoms with Crippen molar-refractivity contribution >= 4 is 34.9 Å². The number of piperidine rings is 1. The molecule has 4 rings (SSSR count). The highest BCUT2D eigenvalue weighted by Crippen LogP contribution is 2.34. The summed E-state index contributed by atoms with van der Waals surface area (Å²) in [4.78, 5) is 40.9. The largest absolute Gasteiger partial charge is 0.490 e. The van der Waals surface area contributed by atoms with E-state index >= 15 is 0 Å². The number of hydrogen-bond acceptors (Lipinski definition) is 6. The third kappa shape index (κ3) is 5.99. The van der Waals surface area contributed by atoms with Crippen molar-refractivity contribution in [1.29, 1.82) is 0 Å². The number of para-hydroxylation sites is 1. The van der Waals surface area contributed by atoms with Gasteiger partial charge in [-0.2, -0.15) is 0 Å². The smallest absolute Gasteiger partial charge is 0.294 e. The van der Waals surface area contributed by atoms with Crippen LogP contribution >= 0.6 is 11.8 Å². The summed E-state index contributed by atoms with van der Waals surface area (Å²) in [5.74, 6) is 0.736. The molecule has 0 bridgehead atoms. The van der Waals surface area contributed by atoms with Crippen molar-refractivity contribution in [3.05, 3.63) is 64.6 Å². The van der Waals surface area contributed by atoms with E-state index in [1.807, 2.05) is 55.5 Å². The lowest BCUT2D eigenvalue weighted by molar-refractivity contribution is -0.136. The molecule has 2 saturated heterocycles. The molecule has 0 atom stereocenters. The fourth-order valence-corrected chi connectivity index (χ4v) is 4.66. The highest BCUT2D eigenvalue weighted by atomic mass is 32.2. The molecular weight excluding hydrogens is 452 g/mol. The maximum Gasteiger partial charge on any atom is 0.294 e. The van der Waals surface area contributed by atoms with E-state index in [1.54, 1.807) is 11.0 Å². The zero-order valence-electron chi connectivity index (χ0n) is 19.2. The summed E-state index contributed by atoms with van der Waals surface area (Å²) in [7, 11) is 0. The Morgan fingerprint density at radius 2 is 1.68 bits per heavy atom. The van der Waals surface area contributed by atoms with Crippen LogP contribution < -0.4 is 9.47 Å². The minimum absolute atomic E-state index is 0.180. The van der Waals surface area contributed by atoms with Gasteiger partial charge < -0.3 is 14.4 Å². The molecule has 2 aromatic rings. The van der Waals surface area contributed by atoms with E-state index in [0.717, 1.165) is 47.2 Å². The summed E-state index contributed by atoms with van der Waals surface area (Å²) < 4.78 is 11.6. The third-order valence-corrected chi connectivity index (χ3v) is 6.62. The SMILES string of the molecule is Cc1ccc(OCCOc2ccccc2/C=C2\SC(=O)N(CC(=O)N3CCCCC3)C2=O)cc1. The molecule has 7 nitrogen and oxygen atoms in total. The fraction of sp³-hybridized carbons (Fsp3) is 0.346. The van der Waals surface area contributed by atoms with Gasteiger partial charge in [0.2, 0.25) is 5.91 Å². The van der Waals surface area contributed by atoms with Crippen LogP contribution in [0.1, 0.15) is 30.4 Å². The zero-order valence-corrected chi connectivity index (χ0v) is 20.0. The quantitative estimate of drug-likeness (QED) is 0.409. The molecule has 178 valence electrons. The summed E-state index contributed by atoms with van der Waals surface area (Å²) in [6.07, 6.45) is 4.67. The number of imide groups is 1. The van der Waals surface area contributed by atoms with E-state index in [9.17, 15) is 14.4 Å². The van der Waals surface area contributed by atoms with Gasteiger partial charge in [-0.15, -0.1) is 0 Å². The van der Waals surface area contributed by atoms with Crippen LogP contribution in [0.25, 0.3) is 6.08 Å². The number of thioether (sulfide) groups is 1. The molecule has 2 heterocycles. The van der Waals surface area contributed by atoms with Crippen LogP contribution in [-0.4, -0.2) is 59.7 Å². The molecule has 0 aliphatic carbocycles. The van der Waals surface area contributed by atoms with Gasteiger partial charge in [0.15, 0.2) is 0 Å². The summed E-state index contributed by atoms with van der Waals surface area (Å²) >= 11 is 0.848. The van der Waals surface area contributed by atoms with Crippen molar-refractivity contribution in [3.8, 4) is 11.5 Å². The van der Waals surface area contributed by atoms with Gasteiger partial charge in [0.05, 0.1) is 4.91 Å². The molecule has 0 aromatic heterocycles. The molecular formula is C26H28N2O5S. The first-order valence-electron chi connectivity index (χ1n) is 11.5. The van der Waals surface area contributed by atoms with Crippen molar-refractivity contribution in [2.75, 3.05) is 32.8 Å². The lowest BCUT2D eigenvalue weighted by Gasteiger charge is -2.27. The van der Waals surface area contributed by atoms with Crippen LogP contribution in [0.15, 0.2) is 53.4 Å². The molecule has 3 amide bonds. The third-order valence-electron chi connectivity index (χ3n) is 5.71. The van der Waals surface area contributed by atoms with Crippen molar-refractivity contribution < 1.29 is 23.9 Å². The van der Waals surface area contributed by atoms with E-state index < -0.39 is 11.1 Å². The summed E-state index contributed by atoms with van der Waals surface area (Å²) in [6.45, 7) is 3.87. The maximum absolute atomic E-state index is 12.9. The van der Waals surface area contributed by atoms with Gasteiger partial charge in [-0.05, 0) is 62.2 Å². The number of hydrogen-bond donors (Lipinski definition) is 0. The van der Waals surface area contributed by atoms with Crippen LogP contribution in [-0.2, 0) is 9.59 Å². The van der Waals surface area contributed by atoms with Crippen LogP contribution in [0.3, 0.4) is 0 Å². The number of amides is 3. The van der Waals surface area contributed by atoms with Crippen LogP contribution in [0.2, 0.25) is 0 Å². The molecule has 0 unspecified atom stereocenters. The first kappa shape index (κ1) is 23.9. The molecule has 0 N–H and O–H groups in total. The Kier molecular flexibility index (Phi) is 7.90. The second-order valence-electron chi connectivity index (χ2n) is 8.26. The molecule has 0 spiro atoms. The van der Waals surface area contributed by atoms with Crippen molar-refractivity contribution in [1.82, 2.24) is 9.80 Å². The maximum atomic E-state index is 12.9. The molecule has 0 saturated carbocycles. The molecule has 2 fully saturated rings. The van der Waals surface area contributed by atoms with Crippen LogP contribution in [0.4, 0.5) is 4.79 Å². The van der Waals surface area contributed by atoms with E-state index in [-0.39, 0.29) is 17.4 Å². The number of carbonyl (C=O) groups excluding carboxylic acids is 3. The molecule has 8 heteroatoms. The minimum atomic E-state index is -0.446. The Morgan fingerprint density at radius 1 is 0.971 bits per heavy atom. The lowest BCUT2D eigenvalue weighted by atomic mass is 10.1. The number of benzene rings is 2. The van der Waals surface area contributed by atoms with E-state index in [2.05, 4.69) is 0 Å².